The first kappa shape index (κ1) is 16.7. The first-order valence-electron chi connectivity index (χ1n) is 8.46. The Hall–Kier alpha value is -0.650. The first-order chi connectivity index (χ1) is 10.00. The summed E-state index contributed by atoms with van der Waals surface area (Å²) in [4.78, 5) is 17.2. The largest absolute Gasteiger partial charge is 0.353 e. The van der Waals surface area contributed by atoms with E-state index in [0.29, 0.717) is 0 Å². The lowest BCUT2D eigenvalue weighted by Gasteiger charge is -2.40. The summed E-state index contributed by atoms with van der Waals surface area (Å²) in [6, 6.07) is 0. The van der Waals surface area contributed by atoms with E-state index < -0.39 is 5.54 Å². The van der Waals surface area contributed by atoms with E-state index >= 15 is 0 Å². The minimum atomic E-state index is -0.404. The van der Waals surface area contributed by atoms with Crippen molar-refractivity contribution in [3.63, 3.8) is 0 Å². The highest BCUT2D eigenvalue weighted by atomic mass is 16.2. The summed E-state index contributed by atoms with van der Waals surface area (Å²) in [6.07, 6.45) is 2.58. The molecular formula is C16H32N4O. The molecule has 2 saturated heterocycles. The van der Waals surface area contributed by atoms with E-state index in [2.05, 4.69) is 27.4 Å². The average Bonchev–Trinajstić information content (AvgIpc) is 2.50. The monoisotopic (exact) mass is 296 g/mol. The number of nitrogens with one attached hydrogen (secondary N) is 2. The Balaban J connectivity index is 1.70. The number of piperazine rings is 1. The average molecular weight is 296 g/mol. The van der Waals surface area contributed by atoms with E-state index in [4.69, 9.17) is 0 Å². The summed E-state index contributed by atoms with van der Waals surface area (Å²) < 4.78 is 0. The number of hydrogen-bond acceptors (Lipinski definition) is 4. The van der Waals surface area contributed by atoms with Gasteiger partial charge in [-0.3, -0.25) is 9.69 Å². The molecule has 0 aliphatic carbocycles. The molecule has 2 N–H and O–H groups in total. The topological polar surface area (TPSA) is 47.6 Å². The quantitative estimate of drug-likeness (QED) is 0.776. The number of likely N-dealkylation sites (tertiary alicyclic amines) is 1. The van der Waals surface area contributed by atoms with Crippen LogP contribution in [0.15, 0.2) is 0 Å². The van der Waals surface area contributed by atoms with Crippen molar-refractivity contribution in [2.45, 2.75) is 39.2 Å². The molecule has 0 aromatic heterocycles. The number of carbonyl (C=O) groups is 1. The maximum atomic E-state index is 12.5. The predicted molar refractivity (Wildman–Crippen MR) is 86.4 cm³/mol. The molecule has 21 heavy (non-hydrogen) atoms. The molecule has 2 rings (SSSR count). The molecular weight excluding hydrogens is 264 g/mol. The highest BCUT2D eigenvalue weighted by Gasteiger charge is 2.34. The molecule has 2 fully saturated rings. The van der Waals surface area contributed by atoms with E-state index in [1.165, 1.54) is 25.9 Å². The van der Waals surface area contributed by atoms with E-state index in [0.717, 1.165) is 45.2 Å². The molecule has 5 nitrogen and oxygen atoms in total. The minimum absolute atomic E-state index is 0.162. The van der Waals surface area contributed by atoms with Gasteiger partial charge in [0.2, 0.25) is 5.91 Å². The van der Waals surface area contributed by atoms with Crippen LogP contribution in [0.5, 0.6) is 0 Å². The second-order valence-corrected chi connectivity index (χ2v) is 7.08. The molecule has 0 saturated carbocycles. The van der Waals surface area contributed by atoms with E-state index in [9.17, 15) is 4.79 Å². The van der Waals surface area contributed by atoms with Crippen LogP contribution in [0.25, 0.3) is 0 Å². The van der Waals surface area contributed by atoms with Gasteiger partial charge in [-0.1, -0.05) is 6.92 Å². The number of carbonyl (C=O) groups excluding carboxylic acids is 1. The fourth-order valence-electron chi connectivity index (χ4n) is 3.20. The second-order valence-electron chi connectivity index (χ2n) is 7.08. The zero-order valence-electron chi connectivity index (χ0n) is 14.0. The Labute approximate surface area is 129 Å². The lowest BCUT2D eigenvalue weighted by atomic mass is 9.99. The summed E-state index contributed by atoms with van der Waals surface area (Å²) in [5.41, 5.74) is -0.404. The van der Waals surface area contributed by atoms with Crippen LogP contribution < -0.4 is 10.6 Å². The van der Waals surface area contributed by atoms with E-state index in [1.807, 2.05) is 13.8 Å². The standard InChI is InChI=1S/C16H32N4O/c1-14-4-9-19(10-5-14)11-8-18-15(21)16(2,3)20-12-6-17-7-13-20/h14,17H,4-13H2,1-3H3,(H,18,21). The van der Waals surface area contributed by atoms with E-state index in [1.54, 1.807) is 0 Å². The third kappa shape index (κ3) is 4.66. The van der Waals surface area contributed by atoms with Crippen molar-refractivity contribution in [1.29, 1.82) is 0 Å². The van der Waals surface area contributed by atoms with Crippen LogP contribution >= 0.6 is 0 Å². The van der Waals surface area contributed by atoms with Gasteiger partial charge in [0.1, 0.15) is 0 Å². The van der Waals surface area contributed by atoms with Gasteiger partial charge < -0.3 is 15.5 Å². The molecule has 0 spiro atoms. The van der Waals surface area contributed by atoms with Gasteiger partial charge in [-0.2, -0.15) is 0 Å². The van der Waals surface area contributed by atoms with Gasteiger partial charge in [0.25, 0.3) is 0 Å². The molecule has 0 atom stereocenters. The van der Waals surface area contributed by atoms with Gasteiger partial charge in [0.05, 0.1) is 5.54 Å². The molecule has 0 bridgehead atoms. The SMILES string of the molecule is CC1CCN(CCNC(=O)C(C)(C)N2CCNCC2)CC1. The molecule has 0 unspecified atom stereocenters. The highest BCUT2D eigenvalue weighted by molar-refractivity contribution is 5.85. The van der Waals surface area contributed by atoms with Crippen LogP contribution in [-0.4, -0.2) is 73.6 Å². The Kier molecular flexibility index (Phi) is 6.02. The lowest BCUT2D eigenvalue weighted by Crippen LogP contribution is -2.60. The minimum Gasteiger partial charge on any atom is -0.353 e. The zero-order valence-corrected chi connectivity index (χ0v) is 14.0. The lowest BCUT2D eigenvalue weighted by molar-refractivity contribution is -0.132. The molecule has 122 valence electrons. The van der Waals surface area contributed by atoms with E-state index in [-0.39, 0.29) is 5.91 Å². The van der Waals surface area contributed by atoms with Gasteiger partial charge in [0.15, 0.2) is 0 Å². The van der Waals surface area contributed by atoms with Crippen LogP contribution in [0.3, 0.4) is 0 Å². The van der Waals surface area contributed by atoms with Crippen molar-refractivity contribution in [2.75, 3.05) is 52.4 Å². The maximum absolute atomic E-state index is 12.5. The van der Waals surface area contributed by atoms with Crippen molar-refractivity contribution < 1.29 is 4.79 Å². The van der Waals surface area contributed by atoms with Crippen LogP contribution in [0.2, 0.25) is 0 Å². The van der Waals surface area contributed by atoms with Crippen LogP contribution in [-0.2, 0) is 4.79 Å². The number of rotatable bonds is 5. The van der Waals surface area contributed by atoms with Gasteiger partial charge in [-0.15, -0.1) is 0 Å². The van der Waals surface area contributed by atoms with Crippen molar-refractivity contribution in [3.8, 4) is 0 Å². The molecule has 0 aromatic carbocycles. The number of hydrogen-bond donors (Lipinski definition) is 2. The number of nitrogens with zero attached hydrogens (tertiary/aromatic N) is 2. The predicted octanol–water partition coefficient (Wildman–Crippen LogP) is 0.518. The third-order valence-electron chi connectivity index (χ3n) is 5.05. The Morgan fingerprint density at radius 1 is 1.19 bits per heavy atom. The number of amides is 1. The Bertz CT molecular complexity index is 331. The Morgan fingerprint density at radius 2 is 1.81 bits per heavy atom. The second kappa shape index (κ2) is 7.56. The summed E-state index contributed by atoms with van der Waals surface area (Å²) in [6.45, 7) is 14.4. The molecule has 5 heteroatoms. The molecule has 0 radical (unpaired) electrons. The van der Waals surface area contributed by atoms with Gasteiger partial charge >= 0.3 is 0 Å². The van der Waals surface area contributed by atoms with Gasteiger partial charge in [0, 0.05) is 39.3 Å². The first-order valence-corrected chi connectivity index (χ1v) is 8.46. The summed E-state index contributed by atoms with van der Waals surface area (Å²) in [5, 5.41) is 6.47. The van der Waals surface area contributed by atoms with Crippen LogP contribution in [0.1, 0.15) is 33.6 Å². The van der Waals surface area contributed by atoms with Crippen molar-refractivity contribution in [1.82, 2.24) is 20.4 Å². The van der Waals surface area contributed by atoms with Gasteiger partial charge in [-0.05, 0) is 45.7 Å². The molecule has 1 amide bonds. The van der Waals surface area contributed by atoms with Crippen molar-refractivity contribution in [3.05, 3.63) is 0 Å². The van der Waals surface area contributed by atoms with Crippen molar-refractivity contribution in [2.24, 2.45) is 5.92 Å². The van der Waals surface area contributed by atoms with Crippen molar-refractivity contribution >= 4 is 5.91 Å². The Morgan fingerprint density at radius 3 is 2.43 bits per heavy atom. The molecule has 2 aliphatic rings. The zero-order chi connectivity index (χ0) is 15.3. The van der Waals surface area contributed by atoms with Crippen LogP contribution in [0, 0.1) is 5.92 Å². The normalized spacial score (nSPS) is 23.2. The fraction of sp³-hybridized carbons (Fsp3) is 0.938. The van der Waals surface area contributed by atoms with Gasteiger partial charge in [-0.25, -0.2) is 0 Å². The maximum Gasteiger partial charge on any atom is 0.239 e. The number of piperidine rings is 1. The van der Waals surface area contributed by atoms with Crippen LogP contribution in [0.4, 0.5) is 0 Å². The summed E-state index contributed by atoms with van der Waals surface area (Å²) >= 11 is 0. The summed E-state index contributed by atoms with van der Waals surface area (Å²) in [7, 11) is 0. The molecule has 2 heterocycles. The third-order valence-corrected chi connectivity index (χ3v) is 5.05. The molecule has 2 aliphatic heterocycles. The highest BCUT2D eigenvalue weighted by Crippen LogP contribution is 2.16. The smallest absolute Gasteiger partial charge is 0.239 e. The fourth-order valence-corrected chi connectivity index (χ4v) is 3.20. The summed E-state index contributed by atoms with van der Waals surface area (Å²) in [5.74, 6) is 1.03. The molecule has 0 aromatic rings.